The Kier molecular flexibility index (Phi) is 10.6. The van der Waals surface area contributed by atoms with Crippen LogP contribution in [0.4, 0.5) is 0 Å². The molecule has 0 saturated carbocycles. The minimum Gasteiger partial charge on any atom is -0.0765 e. The second kappa shape index (κ2) is 12.7. The molecule has 2 heteroatoms. The summed E-state index contributed by atoms with van der Waals surface area (Å²) in [5.74, 6) is 0. The maximum absolute atomic E-state index is 2.45. The molecule has 0 aromatic heterocycles. The Balaban J connectivity index is 2.51. The molecule has 27 heavy (non-hydrogen) atoms. The van der Waals surface area contributed by atoms with Crippen LogP contribution in [0.3, 0.4) is 0 Å². The molecule has 2 aromatic rings. The van der Waals surface area contributed by atoms with Crippen LogP contribution in [-0.2, 0) is 0 Å². The van der Waals surface area contributed by atoms with Crippen LogP contribution in [0.15, 0.2) is 60.7 Å². The van der Waals surface area contributed by atoms with Crippen molar-refractivity contribution < 1.29 is 0 Å². The molecule has 0 unspecified atom stereocenters. The van der Waals surface area contributed by atoms with Crippen LogP contribution >= 0.6 is 14.6 Å². The first-order chi connectivity index (χ1) is 13.3. The van der Waals surface area contributed by atoms with E-state index in [0.29, 0.717) is 0 Å². The largest absolute Gasteiger partial charge is 0.0765 e. The summed E-state index contributed by atoms with van der Waals surface area (Å²) in [6.07, 6.45) is 13.9. The van der Waals surface area contributed by atoms with E-state index in [2.05, 4.69) is 81.4 Å². The Morgan fingerprint density at radius 1 is 0.593 bits per heavy atom. The van der Waals surface area contributed by atoms with Gasteiger partial charge in [0.1, 0.15) is 0 Å². The minimum atomic E-state index is -1.33. The van der Waals surface area contributed by atoms with Crippen molar-refractivity contribution in [3.8, 4) is 0 Å². The van der Waals surface area contributed by atoms with E-state index in [4.69, 9.17) is 0 Å². The van der Waals surface area contributed by atoms with Gasteiger partial charge in [-0.05, 0) is 48.9 Å². The average molecular weight is 402 g/mol. The lowest BCUT2D eigenvalue weighted by molar-refractivity contribution is 0.764. The summed E-state index contributed by atoms with van der Waals surface area (Å²) in [6, 6.07) is 23.3. The van der Waals surface area contributed by atoms with Gasteiger partial charge in [-0.3, -0.25) is 0 Å². The number of hydrogen-bond acceptors (Lipinski definition) is 0. The average Bonchev–Trinajstić information content (AvgIpc) is 2.72. The molecule has 0 bridgehead atoms. The lowest BCUT2D eigenvalue weighted by Gasteiger charge is -2.45. The zero-order valence-corrected chi connectivity index (χ0v) is 19.5. The normalized spacial score (nSPS) is 11.9. The van der Waals surface area contributed by atoms with Gasteiger partial charge in [-0.1, -0.05) is 121 Å². The number of benzene rings is 2. The van der Waals surface area contributed by atoms with Crippen molar-refractivity contribution in [1.29, 1.82) is 0 Å². The SMILES string of the molecule is CCCCCP(CCCCC)[P](CCC)(c1ccccc1)c1ccccc1. The highest BCUT2D eigenvalue weighted by atomic mass is 32.1. The maximum Gasteiger partial charge on any atom is -0.0198 e. The fourth-order valence-electron chi connectivity index (χ4n) is 4.09. The van der Waals surface area contributed by atoms with Crippen molar-refractivity contribution in [2.45, 2.75) is 65.7 Å². The van der Waals surface area contributed by atoms with E-state index in [-0.39, 0.29) is 7.61 Å². The van der Waals surface area contributed by atoms with Crippen molar-refractivity contribution in [3.05, 3.63) is 60.7 Å². The van der Waals surface area contributed by atoms with Crippen molar-refractivity contribution in [2.75, 3.05) is 18.5 Å². The summed E-state index contributed by atoms with van der Waals surface area (Å²) in [5.41, 5.74) is 0. The lowest BCUT2D eigenvalue weighted by Crippen LogP contribution is -2.25. The van der Waals surface area contributed by atoms with E-state index in [1.54, 1.807) is 10.6 Å². The molecule has 149 valence electrons. The van der Waals surface area contributed by atoms with E-state index in [9.17, 15) is 0 Å². The summed E-state index contributed by atoms with van der Waals surface area (Å²) in [6.45, 7) is 5.74. The Labute approximate surface area is 170 Å². The summed E-state index contributed by atoms with van der Waals surface area (Å²) in [5, 5.41) is 3.33. The molecule has 0 heterocycles. The van der Waals surface area contributed by atoms with Crippen molar-refractivity contribution in [2.24, 2.45) is 0 Å². The van der Waals surface area contributed by atoms with E-state index in [1.807, 2.05) is 0 Å². The first-order valence-electron chi connectivity index (χ1n) is 11.0. The van der Waals surface area contributed by atoms with Gasteiger partial charge in [0.15, 0.2) is 0 Å². The maximum atomic E-state index is 2.45. The molecule has 0 aliphatic rings. The molecule has 0 fully saturated rings. The Hall–Kier alpha value is -0.700. The smallest absolute Gasteiger partial charge is 0.0198 e. The molecule has 1 radical (unpaired) electrons. The fourth-order valence-corrected chi connectivity index (χ4v) is 17.0. The van der Waals surface area contributed by atoms with Crippen LogP contribution in [0.25, 0.3) is 0 Å². The number of hydrogen-bond donors (Lipinski definition) is 0. The molecule has 2 aromatic carbocycles. The first-order valence-corrected chi connectivity index (χ1v) is 15.4. The fraction of sp³-hybridized carbons (Fsp3) is 0.520. The molecule has 0 nitrogen and oxygen atoms in total. The van der Waals surface area contributed by atoms with Crippen LogP contribution in [0.2, 0.25) is 0 Å². The van der Waals surface area contributed by atoms with Crippen molar-refractivity contribution in [1.82, 2.24) is 0 Å². The lowest BCUT2D eigenvalue weighted by atomic mass is 10.3. The van der Waals surface area contributed by atoms with Crippen LogP contribution in [-0.4, -0.2) is 18.5 Å². The summed E-state index contributed by atoms with van der Waals surface area (Å²) < 4.78 is 0. The summed E-state index contributed by atoms with van der Waals surface area (Å²) >= 11 is 0. The number of unbranched alkanes of at least 4 members (excludes halogenated alkanes) is 4. The quantitative estimate of drug-likeness (QED) is 0.237. The van der Waals surface area contributed by atoms with E-state index in [1.165, 1.54) is 63.4 Å². The molecular formula is C25H39P2. The molecule has 2 rings (SSSR count). The van der Waals surface area contributed by atoms with Gasteiger partial charge in [0, 0.05) is 0 Å². The minimum absolute atomic E-state index is 0.0211. The molecule has 0 spiro atoms. The summed E-state index contributed by atoms with van der Waals surface area (Å²) in [7, 11) is 0.0211. The molecule has 0 N–H and O–H groups in total. The third kappa shape index (κ3) is 6.14. The highest BCUT2D eigenvalue weighted by Gasteiger charge is 2.37. The summed E-state index contributed by atoms with van der Waals surface area (Å²) in [4.78, 5) is 0. The van der Waals surface area contributed by atoms with Gasteiger partial charge in [-0.2, -0.15) is 0 Å². The molecule has 0 saturated heterocycles. The van der Waals surface area contributed by atoms with Gasteiger partial charge in [0.25, 0.3) is 0 Å². The van der Waals surface area contributed by atoms with Crippen LogP contribution in [0, 0.1) is 0 Å². The van der Waals surface area contributed by atoms with Crippen LogP contribution in [0.1, 0.15) is 65.7 Å². The second-order valence-corrected chi connectivity index (χ2v) is 16.2. The van der Waals surface area contributed by atoms with Gasteiger partial charge in [0.2, 0.25) is 0 Å². The van der Waals surface area contributed by atoms with Crippen molar-refractivity contribution in [3.63, 3.8) is 0 Å². The molecule has 0 aliphatic heterocycles. The second-order valence-electron chi connectivity index (χ2n) is 7.53. The highest BCUT2D eigenvalue weighted by Crippen LogP contribution is 2.82. The highest BCUT2D eigenvalue weighted by molar-refractivity contribution is 8.45. The molecule has 0 atom stereocenters. The van der Waals surface area contributed by atoms with E-state index in [0.717, 1.165) is 0 Å². The third-order valence-electron chi connectivity index (χ3n) is 5.44. The Morgan fingerprint density at radius 3 is 1.41 bits per heavy atom. The van der Waals surface area contributed by atoms with Crippen molar-refractivity contribution >= 4 is 25.2 Å². The Morgan fingerprint density at radius 2 is 1.04 bits per heavy atom. The van der Waals surface area contributed by atoms with Gasteiger partial charge >= 0.3 is 0 Å². The van der Waals surface area contributed by atoms with Gasteiger partial charge < -0.3 is 0 Å². The molecular weight excluding hydrogens is 362 g/mol. The zero-order chi connectivity index (χ0) is 19.4. The first kappa shape index (κ1) is 22.6. The predicted molar refractivity (Wildman–Crippen MR) is 130 cm³/mol. The van der Waals surface area contributed by atoms with E-state index >= 15 is 0 Å². The van der Waals surface area contributed by atoms with Crippen LogP contribution in [0.5, 0.6) is 0 Å². The standard InChI is InChI=1S/C25H39P2/c1-4-7-15-21-26(22-16-8-5-2)27(23-6-3,24-17-11-9-12-18-24)25-19-13-10-14-20-25/h9-14,17-20H,4-8,15-16,21-23H2,1-3H3. The third-order valence-corrected chi connectivity index (χ3v) is 17.5. The van der Waals surface area contributed by atoms with Gasteiger partial charge in [-0.25, -0.2) is 0 Å². The predicted octanol–water partition coefficient (Wildman–Crippen LogP) is 7.84. The van der Waals surface area contributed by atoms with Crippen LogP contribution < -0.4 is 10.6 Å². The topological polar surface area (TPSA) is 0 Å². The monoisotopic (exact) mass is 401 g/mol. The van der Waals surface area contributed by atoms with Gasteiger partial charge in [-0.15, -0.1) is 0 Å². The molecule has 0 aliphatic carbocycles. The van der Waals surface area contributed by atoms with Gasteiger partial charge in [0.05, 0.1) is 0 Å². The van der Waals surface area contributed by atoms with E-state index < -0.39 is 6.95 Å². The number of rotatable bonds is 13. The zero-order valence-electron chi connectivity index (χ0n) is 17.7. The molecule has 0 amide bonds. The Bertz CT molecular complexity index is 559.